The fourth-order valence-corrected chi connectivity index (χ4v) is 3.25. The van der Waals surface area contributed by atoms with E-state index in [1.807, 2.05) is 38.1 Å². The van der Waals surface area contributed by atoms with Gasteiger partial charge in [-0.2, -0.15) is 0 Å². The monoisotopic (exact) mass is 330 g/mol. The molecule has 0 aliphatic heterocycles. The van der Waals surface area contributed by atoms with Crippen molar-refractivity contribution in [3.63, 3.8) is 0 Å². The first-order valence-corrected chi connectivity index (χ1v) is 8.45. The van der Waals surface area contributed by atoms with Gasteiger partial charge in [-0.25, -0.2) is 4.68 Å². The van der Waals surface area contributed by atoms with Crippen molar-refractivity contribution >= 4 is 33.4 Å². The molecule has 0 aliphatic carbocycles. The summed E-state index contributed by atoms with van der Waals surface area (Å²) < 4.78 is 1.80. The van der Waals surface area contributed by atoms with Gasteiger partial charge in [-0.3, -0.25) is 9.69 Å². The highest BCUT2D eigenvalue weighted by Crippen LogP contribution is 2.22. The summed E-state index contributed by atoms with van der Waals surface area (Å²) in [4.78, 5) is 13.8. The molecule has 0 saturated heterocycles. The van der Waals surface area contributed by atoms with E-state index in [0.29, 0.717) is 24.6 Å². The third kappa shape index (κ3) is 3.21. The second kappa shape index (κ2) is 6.82. The summed E-state index contributed by atoms with van der Waals surface area (Å²) in [6, 6.07) is 7.78. The second-order valence-electron chi connectivity index (χ2n) is 5.10. The lowest BCUT2D eigenvalue weighted by atomic mass is 10.3. The van der Waals surface area contributed by atoms with Crippen LogP contribution in [0.5, 0.6) is 0 Å². The third-order valence-corrected chi connectivity index (χ3v) is 4.40. The molecule has 0 fully saturated rings. The maximum absolute atomic E-state index is 12.1. The van der Waals surface area contributed by atoms with E-state index in [1.165, 1.54) is 11.3 Å². The van der Waals surface area contributed by atoms with Crippen LogP contribution in [0.15, 0.2) is 24.3 Å². The summed E-state index contributed by atoms with van der Waals surface area (Å²) in [6.07, 6.45) is 1.35. The average Bonchev–Trinajstić information content (AvgIpc) is 3.17. The van der Waals surface area contributed by atoms with Gasteiger partial charge in [0.1, 0.15) is 10.5 Å². The quantitative estimate of drug-likeness (QED) is 0.694. The number of amides is 1. The van der Waals surface area contributed by atoms with E-state index in [0.717, 1.165) is 22.5 Å². The summed E-state index contributed by atoms with van der Waals surface area (Å²) in [6.45, 7) is 5.03. The molecule has 0 N–H and O–H groups in total. The van der Waals surface area contributed by atoms with E-state index < -0.39 is 0 Å². The van der Waals surface area contributed by atoms with Crippen molar-refractivity contribution in [2.75, 3.05) is 11.4 Å². The zero-order chi connectivity index (χ0) is 16.2. The number of nitrogens with zero attached hydrogens (tertiary/aromatic N) is 6. The molecule has 0 aliphatic rings. The molecule has 120 valence electrons. The van der Waals surface area contributed by atoms with Crippen LogP contribution in [0.1, 0.15) is 31.7 Å². The highest BCUT2D eigenvalue weighted by molar-refractivity contribution is 7.15. The Morgan fingerprint density at radius 3 is 2.83 bits per heavy atom. The van der Waals surface area contributed by atoms with Crippen LogP contribution < -0.4 is 4.90 Å². The predicted molar refractivity (Wildman–Crippen MR) is 89.5 cm³/mol. The number of para-hydroxylation sites is 1. The van der Waals surface area contributed by atoms with E-state index in [9.17, 15) is 4.79 Å². The first-order valence-electron chi connectivity index (χ1n) is 7.64. The fraction of sp³-hybridized carbons (Fsp3) is 0.400. The molecule has 1 amide bonds. The predicted octanol–water partition coefficient (Wildman–Crippen LogP) is 2.48. The van der Waals surface area contributed by atoms with Crippen LogP contribution in [0.3, 0.4) is 0 Å². The highest BCUT2D eigenvalue weighted by Gasteiger charge is 2.18. The number of fused-ring (bicyclic) bond motifs is 1. The molecule has 2 heterocycles. The Bertz CT molecular complexity index is 811. The Hall–Kier alpha value is -2.35. The average molecular weight is 330 g/mol. The number of carbonyl (C=O) groups excluding carboxylic acids is 1. The molecular weight excluding hydrogens is 312 g/mol. The van der Waals surface area contributed by atoms with Gasteiger partial charge in [0.25, 0.3) is 0 Å². The Morgan fingerprint density at radius 2 is 2.04 bits per heavy atom. The van der Waals surface area contributed by atoms with Crippen molar-refractivity contribution in [3.8, 4) is 0 Å². The normalized spacial score (nSPS) is 11.0. The lowest BCUT2D eigenvalue weighted by molar-refractivity contribution is -0.118. The number of hydrogen-bond donors (Lipinski definition) is 0. The standard InChI is InChI=1S/C15H18N6OS/c1-3-7-14(22)20(4-2)15-18-17-13(23-15)10-21-12-9-6-5-8-11(12)16-19-21/h5-6,8-9H,3-4,7,10H2,1-2H3. The van der Waals surface area contributed by atoms with E-state index in [4.69, 9.17) is 0 Å². The molecule has 0 spiro atoms. The molecule has 0 atom stereocenters. The molecule has 0 radical (unpaired) electrons. The number of carbonyl (C=O) groups is 1. The Kier molecular flexibility index (Phi) is 4.61. The summed E-state index contributed by atoms with van der Waals surface area (Å²) in [5, 5.41) is 18.1. The van der Waals surface area contributed by atoms with E-state index in [1.54, 1.807) is 9.58 Å². The molecule has 2 aromatic heterocycles. The van der Waals surface area contributed by atoms with Crippen LogP contribution in [-0.4, -0.2) is 37.6 Å². The summed E-state index contributed by atoms with van der Waals surface area (Å²) in [5.41, 5.74) is 1.81. The minimum absolute atomic E-state index is 0.0869. The maximum atomic E-state index is 12.1. The van der Waals surface area contributed by atoms with Crippen LogP contribution in [0.2, 0.25) is 0 Å². The Balaban J connectivity index is 1.80. The molecule has 0 unspecified atom stereocenters. The minimum Gasteiger partial charge on any atom is -0.287 e. The van der Waals surface area contributed by atoms with Crippen LogP contribution in [0.25, 0.3) is 11.0 Å². The molecule has 8 heteroatoms. The Morgan fingerprint density at radius 1 is 1.22 bits per heavy atom. The number of hydrogen-bond acceptors (Lipinski definition) is 6. The van der Waals surface area contributed by atoms with E-state index >= 15 is 0 Å². The van der Waals surface area contributed by atoms with Crippen molar-refractivity contribution in [2.24, 2.45) is 0 Å². The molecule has 3 rings (SSSR count). The minimum atomic E-state index is 0.0869. The van der Waals surface area contributed by atoms with Gasteiger partial charge >= 0.3 is 0 Å². The third-order valence-electron chi connectivity index (χ3n) is 3.47. The lowest BCUT2D eigenvalue weighted by Gasteiger charge is -2.16. The van der Waals surface area contributed by atoms with Gasteiger partial charge in [0.15, 0.2) is 0 Å². The van der Waals surface area contributed by atoms with Crippen molar-refractivity contribution in [3.05, 3.63) is 29.3 Å². The van der Waals surface area contributed by atoms with Crippen LogP contribution >= 0.6 is 11.3 Å². The molecule has 7 nitrogen and oxygen atoms in total. The van der Waals surface area contributed by atoms with Gasteiger partial charge < -0.3 is 0 Å². The first kappa shape index (κ1) is 15.5. The molecular formula is C15H18N6OS. The first-order chi connectivity index (χ1) is 11.2. The van der Waals surface area contributed by atoms with Crippen molar-refractivity contribution in [1.29, 1.82) is 0 Å². The van der Waals surface area contributed by atoms with E-state index in [-0.39, 0.29) is 5.91 Å². The summed E-state index contributed by atoms with van der Waals surface area (Å²) >= 11 is 1.42. The zero-order valence-electron chi connectivity index (χ0n) is 13.1. The molecule has 3 aromatic rings. The second-order valence-corrected chi connectivity index (χ2v) is 6.14. The van der Waals surface area contributed by atoms with Crippen LogP contribution in [-0.2, 0) is 11.3 Å². The maximum Gasteiger partial charge on any atom is 0.228 e. The molecule has 1 aromatic carbocycles. The van der Waals surface area contributed by atoms with Gasteiger partial charge in [0.05, 0.1) is 12.1 Å². The Labute approximate surface area is 137 Å². The van der Waals surface area contributed by atoms with Crippen molar-refractivity contribution < 1.29 is 4.79 Å². The van der Waals surface area contributed by atoms with Crippen molar-refractivity contribution in [2.45, 2.75) is 33.2 Å². The van der Waals surface area contributed by atoms with Crippen LogP contribution in [0, 0.1) is 0 Å². The van der Waals surface area contributed by atoms with Crippen LogP contribution in [0.4, 0.5) is 5.13 Å². The van der Waals surface area contributed by atoms with Gasteiger partial charge in [-0.05, 0) is 25.5 Å². The summed E-state index contributed by atoms with van der Waals surface area (Å²) in [7, 11) is 0. The molecule has 0 bridgehead atoms. The highest BCUT2D eigenvalue weighted by atomic mass is 32.1. The van der Waals surface area contributed by atoms with Gasteiger partial charge in [-0.1, -0.05) is 35.6 Å². The smallest absolute Gasteiger partial charge is 0.228 e. The van der Waals surface area contributed by atoms with Gasteiger partial charge in [-0.15, -0.1) is 15.3 Å². The number of anilines is 1. The zero-order valence-corrected chi connectivity index (χ0v) is 14.0. The van der Waals surface area contributed by atoms with Gasteiger partial charge in [0, 0.05) is 13.0 Å². The molecule has 0 saturated carbocycles. The van der Waals surface area contributed by atoms with E-state index in [2.05, 4.69) is 20.5 Å². The number of rotatable bonds is 6. The molecule has 23 heavy (non-hydrogen) atoms. The lowest BCUT2D eigenvalue weighted by Crippen LogP contribution is -2.30. The van der Waals surface area contributed by atoms with Crippen molar-refractivity contribution in [1.82, 2.24) is 25.2 Å². The van der Waals surface area contributed by atoms with Gasteiger partial charge in [0.2, 0.25) is 11.0 Å². The topological polar surface area (TPSA) is 76.8 Å². The SMILES string of the molecule is CCCC(=O)N(CC)c1nnc(Cn2nnc3ccccc32)s1. The largest absolute Gasteiger partial charge is 0.287 e. The fourth-order valence-electron chi connectivity index (χ4n) is 2.35. The summed E-state index contributed by atoms with van der Waals surface area (Å²) in [5.74, 6) is 0.0869. The number of aromatic nitrogens is 5. The number of benzene rings is 1.